The predicted molar refractivity (Wildman–Crippen MR) is 122 cm³/mol. The molecule has 1 unspecified atom stereocenters. The van der Waals surface area contributed by atoms with Crippen LogP contribution in [0.5, 0.6) is 11.5 Å². The van der Waals surface area contributed by atoms with Crippen LogP contribution in [-0.2, 0) is 14.3 Å². The minimum Gasteiger partial charge on any atom is -0.497 e. The van der Waals surface area contributed by atoms with Crippen LogP contribution in [0.15, 0.2) is 78.9 Å². The first-order chi connectivity index (χ1) is 15.6. The van der Waals surface area contributed by atoms with E-state index in [2.05, 4.69) is 10.6 Å². The molecule has 0 heterocycles. The maximum atomic E-state index is 12.7. The number of carbonyl (C=O) groups excluding carboxylic acids is 2. The Balaban J connectivity index is 1.68. The van der Waals surface area contributed by atoms with E-state index in [-0.39, 0.29) is 0 Å². The highest BCUT2D eigenvalue weighted by molar-refractivity contribution is 6.39. The topological polar surface area (TPSA) is 85.9 Å². The number of hydrogen-bond acceptors (Lipinski definition) is 5. The van der Waals surface area contributed by atoms with Crippen LogP contribution in [0.25, 0.3) is 0 Å². The predicted octanol–water partition coefficient (Wildman–Crippen LogP) is 3.56. The second kappa shape index (κ2) is 11.5. The molecule has 1 atom stereocenters. The number of anilines is 1. The van der Waals surface area contributed by atoms with Gasteiger partial charge in [0.15, 0.2) is 0 Å². The van der Waals surface area contributed by atoms with Crippen molar-refractivity contribution in [2.24, 2.45) is 0 Å². The van der Waals surface area contributed by atoms with Gasteiger partial charge in [0, 0.05) is 12.8 Å². The van der Waals surface area contributed by atoms with Crippen LogP contribution in [0.3, 0.4) is 0 Å². The highest BCUT2D eigenvalue weighted by atomic mass is 16.5. The molecule has 7 heteroatoms. The average molecular weight is 434 g/mol. The fraction of sp³-hybridized carbons (Fsp3) is 0.200. The third-order valence-corrected chi connectivity index (χ3v) is 4.73. The Labute approximate surface area is 187 Å². The summed E-state index contributed by atoms with van der Waals surface area (Å²) in [7, 11) is 3.19. The lowest BCUT2D eigenvalue weighted by Crippen LogP contribution is -2.38. The molecule has 3 aromatic rings. The van der Waals surface area contributed by atoms with Crippen molar-refractivity contribution in [3.8, 4) is 11.5 Å². The van der Waals surface area contributed by atoms with Crippen LogP contribution in [0, 0.1) is 0 Å². The van der Waals surface area contributed by atoms with E-state index in [1.807, 2.05) is 54.6 Å². The molecular formula is C25H26N2O5. The number of nitrogens with one attached hydrogen (secondary N) is 2. The molecule has 0 fully saturated rings. The van der Waals surface area contributed by atoms with Gasteiger partial charge in [-0.05, 0) is 47.5 Å². The van der Waals surface area contributed by atoms with E-state index in [0.29, 0.717) is 30.4 Å². The fourth-order valence-corrected chi connectivity index (χ4v) is 3.06. The van der Waals surface area contributed by atoms with E-state index in [9.17, 15) is 9.59 Å². The van der Waals surface area contributed by atoms with Crippen molar-refractivity contribution in [1.82, 2.24) is 5.32 Å². The standard InChI is InChI=1S/C25H26N2O5/c1-30-16-17-32-22-14-10-20(11-15-22)26-24(28)25(29)27-23(18-6-4-3-5-7-18)19-8-12-21(31-2)13-9-19/h3-15,23H,16-17H2,1-2H3,(H,26,28)(H,27,29). The van der Waals surface area contributed by atoms with Gasteiger partial charge < -0.3 is 24.8 Å². The molecule has 0 aliphatic carbocycles. The van der Waals surface area contributed by atoms with Gasteiger partial charge in [0.1, 0.15) is 18.1 Å². The third kappa shape index (κ3) is 6.33. The second-order valence-electron chi connectivity index (χ2n) is 6.91. The van der Waals surface area contributed by atoms with Crippen molar-refractivity contribution in [3.05, 3.63) is 90.0 Å². The van der Waals surface area contributed by atoms with Crippen molar-refractivity contribution in [1.29, 1.82) is 0 Å². The summed E-state index contributed by atoms with van der Waals surface area (Å²) in [5.41, 5.74) is 2.18. The first-order valence-electron chi connectivity index (χ1n) is 10.1. The number of benzene rings is 3. The molecule has 0 bridgehead atoms. The smallest absolute Gasteiger partial charge is 0.313 e. The first kappa shape index (κ1) is 22.8. The minimum atomic E-state index is -0.757. The molecule has 3 aromatic carbocycles. The molecule has 32 heavy (non-hydrogen) atoms. The van der Waals surface area contributed by atoms with E-state index >= 15 is 0 Å². The van der Waals surface area contributed by atoms with Gasteiger partial charge in [0.05, 0.1) is 19.8 Å². The molecule has 2 N–H and O–H groups in total. The highest BCUT2D eigenvalue weighted by Gasteiger charge is 2.21. The number of hydrogen-bond donors (Lipinski definition) is 2. The van der Waals surface area contributed by atoms with Gasteiger partial charge in [-0.2, -0.15) is 0 Å². The summed E-state index contributed by atoms with van der Waals surface area (Å²) in [5, 5.41) is 5.43. The summed E-state index contributed by atoms with van der Waals surface area (Å²) in [5.74, 6) is -0.144. The summed E-state index contributed by atoms with van der Waals surface area (Å²) in [6.07, 6.45) is 0. The molecule has 0 aliphatic rings. The summed E-state index contributed by atoms with van der Waals surface area (Å²) in [4.78, 5) is 25.2. The second-order valence-corrected chi connectivity index (χ2v) is 6.91. The van der Waals surface area contributed by atoms with Crippen LogP contribution >= 0.6 is 0 Å². The van der Waals surface area contributed by atoms with Crippen LogP contribution in [0.2, 0.25) is 0 Å². The number of methoxy groups -OCH3 is 2. The van der Waals surface area contributed by atoms with Gasteiger partial charge in [-0.3, -0.25) is 9.59 Å². The molecule has 2 amide bonds. The molecule has 3 rings (SSSR count). The molecule has 0 radical (unpaired) electrons. The van der Waals surface area contributed by atoms with Crippen LogP contribution in [0.1, 0.15) is 17.2 Å². The molecule has 0 aromatic heterocycles. The van der Waals surface area contributed by atoms with Crippen molar-refractivity contribution in [3.63, 3.8) is 0 Å². The average Bonchev–Trinajstić information content (AvgIpc) is 2.84. The molecule has 166 valence electrons. The lowest BCUT2D eigenvalue weighted by Gasteiger charge is -2.20. The van der Waals surface area contributed by atoms with E-state index < -0.39 is 17.9 Å². The van der Waals surface area contributed by atoms with Gasteiger partial charge in [-0.15, -0.1) is 0 Å². The molecule has 7 nitrogen and oxygen atoms in total. The molecule has 0 aliphatic heterocycles. The summed E-state index contributed by atoms with van der Waals surface area (Å²) < 4.78 is 15.6. The maximum absolute atomic E-state index is 12.7. The Morgan fingerprint density at radius 1 is 0.750 bits per heavy atom. The third-order valence-electron chi connectivity index (χ3n) is 4.73. The SMILES string of the molecule is COCCOc1ccc(NC(=O)C(=O)NC(c2ccccc2)c2ccc(OC)cc2)cc1. The Hall–Kier alpha value is -3.84. The minimum absolute atomic E-state index is 0.427. The van der Waals surface area contributed by atoms with Crippen molar-refractivity contribution >= 4 is 17.5 Å². The molecule has 0 spiro atoms. The number of rotatable bonds is 9. The van der Waals surface area contributed by atoms with Gasteiger partial charge in [0.25, 0.3) is 0 Å². The lowest BCUT2D eigenvalue weighted by molar-refractivity contribution is -0.136. The van der Waals surface area contributed by atoms with E-state index in [4.69, 9.17) is 14.2 Å². The fourth-order valence-electron chi connectivity index (χ4n) is 3.06. The molecule has 0 saturated heterocycles. The Morgan fingerprint density at radius 2 is 1.38 bits per heavy atom. The van der Waals surface area contributed by atoms with Crippen molar-refractivity contribution < 1.29 is 23.8 Å². The zero-order valence-corrected chi connectivity index (χ0v) is 18.0. The van der Waals surface area contributed by atoms with Crippen LogP contribution in [-0.4, -0.2) is 39.2 Å². The van der Waals surface area contributed by atoms with Crippen LogP contribution < -0.4 is 20.1 Å². The summed E-state index contributed by atoms with van der Waals surface area (Å²) >= 11 is 0. The van der Waals surface area contributed by atoms with E-state index in [1.165, 1.54) is 0 Å². The van der Waals surface area contributed by atoms with Gasteiger partial charge in [0.2, 0.25) is 0 Å². The Morgan fingerprint density at radius 3 is 2.00 bits per heavy atom. The van der Waals surface area contributed by atoms with Gasteiger partial charge >= 0.3 is 11.8 Å². The van der Waals surface area contributed by atoms with E-state index in [0.717, 1.165) is 11.1 Å². The molecule has 0 saturated carbocycles. The number of carbonyl (C=O) groups is 2. The quantitative estimate of drug-likeness (QED) is 0.397. The largest absolute Gasteiger partial charge is 0.497 e. The zero-order chi connectivity index (χ0) is 22.8. The van der Waals surface area contributed by atoms with Gasteiger partial charge in [-0.1, -0.05) is 42.5 Å². The Kier molecular flexibility index (Phi) is 8.22. The normalized spacial score (nSPS) is 11.3. The number of ether oxygens (including phenoxy) is 3. The van der Waals surface area contributed by atoms with Gasteiger partial charge in [-0.25, -0.2) is 0 Å². The first-order valence-corrected chi connectivity index (χ1v) is 10.1. The van der Waals surface area contributed by atoms with Crippen molar-refractivity contribution in [2.75, 3.05) is 32.8 Å². The Bertz CT molecular complexity index is 1000. The van der Waals surface area contributed by atoms with Crippen LogP contribution in [0.4, 0.5) is 5.69 Å². The molecular weight excluding hydrogens is 408 g/mol. The highest BCUT2D eigenvalue weighted by Crippen LogP contribution is 2.24. The maximum Gasteiger partial charge on any atom is 0.313 e. The summed E-state index contributed by atoms with van der Waals surface area (Å²) in [6, 6.07) is 23.1. The monoisotopic (exact) mass is 434 g/mol. The zero-order valence-electron chi connectivity index (χ0n) is 18.0. The number of amides is 2. The van der Waals surface area contributed by atoms with E-state index in [1.54, 1.807) is 38.5 Å². The van der Waals surface area contributed by atoms with Crippen molar-refractivity contribution in [2.45, 2.75) is 6.04 Å². The lowest BCUT2D eigenvalue weighted by atomic mass is 9.98. The summed E-state index contributed by atoms with van der Waals surface area (Å²) in [6.45, 7) is 0.909.